The lowest BCUT2D eigenvalue weighted by molar-refractivity contribution is 0.329. The Morgan fingerprint density at radius 3 is 2.53 bits per heavy atom. The SMILES string of the molecule is CCS(=O)(=O)N1CCCCC[C@@H]1c1ccc(Cl)cc1. The van der Waals surface area contributed by atoms with Crippen molar-refractivity contribution >= 4 is 21.6 Å². The van der Waals surface area contributed by atoms with Gasteiger partial charge in [0.15, 0.2) is 0 Å². The highest BCUT2D eigenvalue weighted by Gasteiger charge is 2.30. The summed E-state index contributed by atoms with van der Waals surface area (Å²) in [7, 11) is -3.15. The van der Waals surface area contributed by atoms with Crippen LogP contribution >= 0.6 is 11.6 Å². The average Bonchev–Trinajstić information content (AvgIpc) is 2.66. The van der Waals surface area contributed by atoms with Crippen molar-refractivity contribution in [3.63, 3.8) is 0 Å². The third-order valence-electron chi connectivity index (χ3n) is 3.68. The zero-order chi connectivity index (χ0) is 13.9. The molecule has 0 unspecified atom stereocenters. The number of rotatable bonds is 3. The van der Waals surface area contributed by atoms with Crippen LogP contribution < -0.4 is 0 Å². The van der Waals surface area contributed by atoms with Gasteiger partial charge in [0.25, 0.3) is 0 Å². The molecule has 2 rings (SSSR count). The predicted molar refractivity (Wildman–Crippen MR) is 78.8 cm³/mol. The lowest BCUT2D eigenvalue weighted by Crippen LogP contribution is -2.35. The Bertz CT molecular complexity index is 513. The molecule has 0 aromatic heterocycles. The van der Waals surface area contributed by atoms with Gasteiger partial charge in [0.05, 0.1) is 5.75 Å². The van der Waals surface area contributed by atoms with Crippen LogP contribution in [-0.4, -0.2) is 25.0 Å². The molecule has 1 atom stereocenters. The Hall–Kier alpha value is -0.580. The Kier molecular flexibility index (Phi) is 4.87. The summed E-state index contributed by atoms with van der Waals surface area (Å²) in [6.07, 6.45) is 4.01. The number of hydrogen-bond donors (Lipinski definition) is 0. The molecule has 1 aromatic carbocycles. The topological polar surface area (TPSA) is 37.4 Å². The molecule has 1 heterocycles. The molecule has 0 N–H and O–H groups in total. The van der Waals surface area contributed by atoms with E-state index in [0.29, 0.717) is 11.6 Å². The Balaban J connectivity index is 2.35. The second kappa shape index (κ2) is 6.25. The largest absolute Gasteiger partial charge is 0.214 e. The molecule has 5 heteroatoms. The van der Waals surface area contributed by atoms with Gasteiger partial charge < -0.3 is 0 Å². The van der Waals surface area contributed by atoms with Crippen LogP contribution in [0.2, 0.25) is 5.02 Å². The van der Waals surface area contributed by atoms with E-state index >= 15 is 0 Å². The maximum atomic E-state index is 12.3. The monoisotopic (exact) mass is 301 g/mol. The van der Waals surface area contributed by atoms with Crippen LogP contribution in [0.25, 0.3) is 0 Å². The minimum Gasteiger partial charge on any atom is -0.212 e. The van der Waals surface area contributed by atoms with E-state index in [0.717, 1.165) is 31.2 Å². The fourth-order valence-corrected chi connectivity index (χ4v) is 4.08. The molecule has 1 aromatic rings. The van der Waals surface area contributed by atoms with Gasteiger partial charge in [0.2, 0.25) is 10.0 Å². The fourth-order valence-electron chi connectivity index (χ4n) is 2.60. The molecule has 1 fully saturated rings. The summed E-state index contributed by atoms with van der Waals surface area (Å²) in [5, 5.41) is 0.683. The van der Waals surface area contributed by atoms with Gasteiger partial charge in [-0.3, -0.25) is 0 Å². The van der Waals surface area contributed by atoms with Gasteiger partial charge >= 0.3 is 0 Å². The average molecular weight is 302 g/mol. The Morgan fingerprint density at radius 1 is 1.21 bits per heavy atom. The highest BCUT2D eigenvalue weighted by Crippen LogP contribution is 2.32. The van der Waals surface area contributed by atoms with Crippen molar-refractivity contribution in [2.24, 2.45) is 0 Å². The van der Waals surface area contributed by atoms with Gasteiger partial charge in [0.1, 0.15) is 0 Å². The summed E-state index contributed by atoms with van der Waals surface area (Å²) in [4.78, 5) is 0. The van der Waals surface area contributed by atoms with Crippen molar-refractivity contribution in [1.29, 1.82) is 0 Å². The molecule has 0 aliphatic carbocycles. The van der Waals surface area contributed by atoms with Crippen molar-refractivity contribution in [3.8, 4) is 0 Å². The van der Waals surface area contributed by atoms with Gasteiger partial charge in [-0.1, -0.05) is 36.6 Å². The van der Waals surface area contributed by atoms with Crippen LogP contribution in [-0.2, 0) is 10.0 Å². The van der Waals surface area contributed by atoms with Crippen molar-refractivity contribution in [2.75, 3.05) is 12.3 Å². The van der Waals surface area contributed by atoms with E-state index in [4.69, 9.17) is 11.6 Å². The van der Waals surface area contributed by atoms with Crippen LogP contribution in [0, 0.1) is 0 Å². The molecule has 0 radical (unpaired) electrons. The fraction of sp³-hybridized carbons (Fsp3) is 0.571. The van der Waals surface area contributed by atoms with Crippen LogP contribution in [0.4, 0.5) is 0 Å². The van der Waals surface area contributed by atoms with E-state index in [1.165, 1.54) is 0 Å². The lowest BCUT2D eigenvalue weighted by Gasteiger charge is -2.29. The number of halogens is 1. The number of hydrogen-bond acceptors (Lipinski definition) is 2. The van der Waals surface area contributed by atoms with Gasteiger partial charge in [-0.25, -0.2) is 8.42 Å². The third-order valence-corrected chi connectivity index (χ3v) is 5.81. The van der Waals surface area contributed by atoms with Crippen molar-refractivity contribution in [1.82, 2.24) is 4.31 Å². The van der Waals surface area contributed by atoms with Gasteiger partial charge in [-0.2, -0.15) is 4.31 Å². The normalized spacial score (nSPS) is 22.1. The molecular formula is C14H20ClNO2S. The maximum Gasteiger partial charge on any atom is 0.214 e. The first kappa shape index (κ1) is 14.8. The molecule has 1 aliphatic heterocycles. The summed E-state index contributed by atoms with van der Waals surface area (Å²) < 4.78 is 26.2. The van der Waals surface area contributed by atoms with Gasteiger partial charge in [0, 0.05) is 17.6 Å². The van der Waals surface area contributed by atoms with E-state index in [1.807, 2.05) is 24.3 Å². The molecule has 1 saturated heterocycles. The molecule has 0 amide bonds. The predicted octanol–water partition coefficient (Wildman–Crippen LogP) is 3.61. The van der Waals surface area contributed by atoms with Crippen LogP contribution in [0.1, 0.15) is 44.2 Å². The second-order valence-corrected chi connectivity index (χ2v) is 7.57. The number of sulfonamides is 1. The highest BCUT2D eigenvalue weighted by molar-refractivity contribution is 7.89. The first-order chi connectivity index (χ1) is 9.04. The molecular weight excluding hydrogens is 282 g/mol. The minimum absolute atomic E-state index is 0.0373. The van der Waals surface area contributed by atoms with Crippen molar-refractivity contribution < 1.29 is 8.42 Å². The Morgan fingerprint density at radius 2 is 1.89 bits per heavy atom. The molecule has 0 saturated carbocycles. The van der Waals surface area contributed by atoms with E-state index in [1.54, 1.807) is 11.2 Å². The van der Waals surface area contributed by atoms with Crippen LogP contribution in [0.5, 0.6) is 0 Å². The highest BCUT2D eigenvalue weighted by atomic mass is 35.5. The smallest absolute Gasteiger partial charge is 0.212 e. The first-order valence-corrected chi connectivity index (χ1v) is 8.78. The molecule has 0 bridgehead atoms. The number of benzene rings is 1. The van der Waals surface area contributed by atoms with Crippen molar-refractivity contribution in [3.05, 3.63) is 34.9 Å². The van der Waals surface area contributed by atoms with Gasteiger partial charge in [-0.15, -0.1) is 0 Å². The second-order valence-electron chi connectivity index (χ2n) is 4.93. The zero-order valence-electron chi connectivity index (χ0n) is 11.2. The number of nitrogens with zero attached hydrogens (tertiary/aromatic N) is 1. The third kappa shape index (κ3) is 3.50. The van der Waals surface area contributed by atoms with E-state index in [2.05, 4.69) is 0 Å². The maximum absolute atomic E-state index is 12.3. The summed E-state index contributed by atoms with van der Waals surface area (Å²) in [6.45, 7) is 2.34. The quantitative estimate of drug-likeness (QED) is 0.855. The molecule has 19 heavy (non-hydrogen) atoms. The minimum atomic E-state index is -3.15. The van der Waals surface area contributed by atoms with Crippen LogP contribution in [0.15, 0.2) is 24.3 Å². The lowest BCUT2D eigenvalue weighted by atomic mass is 10.0. The zero-order valence-corrected chi connectivity index (χ0v) is 12.8. The van der Waals surface area contributed by atoms with E-state index < -0.39 is 10.0 Å². The van der Waals surface area contributed by atoms with Gasteiger partial charge in [-0.05, 0) is 37.5 Å². The molecule has 106 valence electrons. The van der Waals surface area contributed by atoms with Crippen molar-refractivity contribution in [2.45, 2.75) is 38.6 Å². The first-order valence-electron chi connectivity index (χ1n) is 6.79. The summed E-state index contributed by atoms with van der Waals surface area (Å²) in [5.74, 6) is 0.164. The van der Waals surface area contributed by atoms with E-state index in [9.17, 15) is 8.42 Å². The molecule has 0 spiro atoms. The van der Waals surface area contributed by atoms with Crippen LogP contribution in [0.3, 0.4) is 0 Å². The standard InChI is InChI=1S/C14H20ClNO2S/c1-2-19(17,18)16-11-5-3-4-6-14(16)12-7-9-13(15)10-8-12/h7-10,14H,2-6,11H2,1H3/t14-/m1/s1. The van der Waals surface area contributed by atoms with E-state index in [-0.39, 0.29) is 11.8 Å². The summed E-state index contributed by atoms with van der Waals surface area (Å²) >= 11 is 5.90. The molecule has 3 nitrogen and oxygen atoms in total. The summed E-state index contributed by atoms with van der Waals surface area (Å²) in [5.41, 5.74) is 1.04. The molecule has 1 aliphatic rings. The summed E-state index contributed by atoms with van der Waals surface area (Å²) in [6, 6.07) is 7.51. The Labute approximate surface area is 120 Å².